The van der Waals surface area contributed by atoms with Crippen molar-refractivity contribution >= 4 is 5.78 Å². The normalized spacial score (nSPS) is 19.1. The molecule has 19 heavy (non-hydrogen) atoms. The van der Waals surface area contributed by atoms with Gasteiger partial charge >= 0.3 is 0 Å². The van der Waals surface area contributed by atoms with E-state index in [1.165, 1.54) is 0 Å². The number of carbonyl (C=O) groups is 1. The van der Waals surface area contributed by atoms with Crippen LogP contribution in [0.25, 0.3) is 0 Å². The zero-order valence-electron chi connectivity index (χ0n) is 12.6. The van der Waals surface area contributed by atoms with E-state index in [9.17, 15) is 4.79 Å². The summed E-state index contributed by atoms with van der Waals surface area (Å²) in [7, 11) is 0. The van der Waals surface area contributed by atoms with Gasteiger partial charge in [0.2, 0.25) is 0 Å². The van der Waals surface area contributed by atoms with Gasteiger partial charge in [0.1, 0.15) is 0 Å². The van der Waals surface area contributed by atoms with Gasteiger partial charge in [0.25, 0.3) is 0 Å². The van der Waals surface area contributed by atoms with Crippen molar-refractivity contribution in [1.82, 2.24) is 4.90 Å². The van der Waals surface area contributed by atoms with Crippen LogP contribution in [0.4, 0.5) is 0 Å². The summed E-state index contributed by atoms with van der Waals surface area (Å²) < 4.78 is 0. The van der Waals surface area contributed by atoms with Crippen LogP contribution in [0.1, 0.15) is 33.6 Å². The van der Waals surface area contributed by atoms with Crippen molar-refractivity contribution in [1.29, 1.82) is 0 Å². The number of hydrogen-bond acceptors (Lipinski definition) is 3. The third-order valence-corrected chi connectivity index (χ3v) is 3.19. The monoisotopic (exact) mass is 264 g/mol. The highest BCUT2D eigenvalue weighted by atomic mass is 16.1. The summed E-state index contributed by atoms with van der Waals surface area (Å²) in [4.78, 5) is 14.0. The Bertz CT molecular complexity index is 326. The molecule has 1 unspecified atom stereocenters. The third-order valence-electron chi connectivity index (χ3n) is 3.19. The van der Waals surface area contributed by atoms with Gasteiger partial charge in [-0.15, -0.1) is 0 Å². The molecule has 1 atom stereocenters. The molecule has 1 rings (SSSR count). The Morgan fingerprint density at radius 1 is 1.32 bits per heavy atom. The molecule has 0 radical (unpaired) electrons. The lowest BCUT2D eigenvalue weighted by Gasteiger charge is -2.35. The Morgan fingerprint density at radius 3 is 2.21 bits per heavy atom. The zero-order valence-corrected chi connectivity index (χ0v) is 12.6. The first-order chi connectivity index (χ1) is 9.10. The van der Waals surface area contributed by atoms with Crippen molar-refractivity contribution in [2.75, 3.05) is 13.1 Å². The number of Topliss-reactive ketones (excluding diaryl/α,β-unsaturated/α-hetero) is 1. The Labute approximate surface area is 117 Å². The molecule has 0 spiro atoms. The first kappa shape index (κ1) is 17.8. The highest BCUT2D eigenvalue weighted by Crippen LogP contribution is 2.18. The minimum Gasteiger partial charge on any atom is -0.328 e. The first-order valence-corrected chi connectivity index (χ1v) is 7.05. The highest BCUT2D eigenvalue weighted by Gasteiger charge is 2.28. The molecule has 0 aliphatic carbocycles. The van der Waals surface area contributed by atoms with E-state index in [4.69, 9.17) is 5.73 Å². The van der Waals surface area contributed by atoms with Crippen LogP contribution in [-0.4, -0.2) is 35.9 Å². The molecule has 0 amide bonds. The van der Waals surface area contributed by atoms with Crippen molar-refractivity contribution in [2.45, 2.75) is 45.7 Å². The number of piperidine rings is 1. The summed E-state index contributed by atoms with van der Waals surface area (Å²) >= 11 is 0. The van der Waals surface area contributed by atoms with Crippen molar-refractivity contribution in [2.24, 2.45) is 5.73 Å². The predicted octanol–water partition coefficient (Wildman–Crippen LogP) is 2.69. The first-order valence-electron chi connectivity index (χ1n) is 7.05. The van der Waals surface area contributed by atoms with Crippen LogP contribution >= 0.6 is 0 Å². The summed E-state index contributed by atoms with van der Waals surface area (Å²) in [6.07, 6.45) is 7.18. The van der Waals surface area contributed by atoms with Crippen LogP contribution in [0.3, 0.4) is 0 Å². The molecule has 0 aromatic heterocycles. The van der Waals surface area contributed by atoms with Crippen molar-refractivity contribution < 1.29 is 4.79 Å². The number of ketones is 1. The Hall–Kier alpha value is -1.19. The molecule has 3 nitrogen and oxygen atoms in total. The molecule has 0 bridgehead atoms. The van der Waals surface area contributed by atoms with Gasteiger partial charge in [0, 0.05) is 19.1 Å². The average molecular weight is 264 g/mol. The van der Waals surface area contributed by atoms with E-state index in [1.54, 1.807) is 19.1 Å². The van der Waals surface area contributed by atoms with Crippen LogP contribution in [0.2, 0.25) is 0 Å². The number of nitrogens with two attached hydrogens (primary N) is 1. The molecule has 1 aliphatic rings. The second-order valence-electron chi connectivity index (χ2n) is 4.49. The summed E-state index contributed by atoms with van der Waals surface area (Å²) in [5.74, 6) is 0.147. The summed E-state index contributed by atoms with van der Waals surface area (Å²) in [5.41, 5.74) is 6.80. The fraction of sp³-hybridized carbons (Fsp3) is 0.562. The van der Waals surface area contributed by atoms with Gasteiger partial charge in [-0.25, -0.2) is 0 Å². The van der Waals surface area contributed by atoms with Crippen LogP contribution in [-0.2, 0) is 4.79 Å². The Morgan fingerprint density at radius 2 is 1.84 bits per heavy atom. The average Bonchev–Trinajstić information content (AvgIpc) is 2.42. The molecule has 0 saturated carbocycles. The van der Waals surface area contributed by atoms with Crippen LogP contribution in [0.5, 0.6) is 0 Å². The van der Waals surface area contributed by atoms with E-state index >= 15 is 0 Å². The van der Waals surface area contributed by atoms with Crippen molar-refractivity contribution in [3.05, 3.63) is 37.0 Å². The lowest BCUT2D eigenvalue weighted by atomic mass is 9.97. The topological polar surface area (TPSA) is 46.3 Å². The summed E-state index contributed by atoms with van der Waals surface area (Å²) in [6, 6.07) is 0.0763. The van der Waals surface area contributed by atoms with E-state index in [0.717, 1.165) is 31.5 Å². The largest absolute Gasteiger partial charge is 0.328 e. The molecular formula is C16H28N2O. The van der Waals surface area contributed by atoms with Gasteiger partial charge in [-0.3, -0.25) is 9.69 Å². The fourth-order valence-electron chi connectivity index (χ4n) is 2.29. The maximum absolute atomic E-state index is 11.8. The second-order valence-corrected chi connectivity index (χ2v) is 4.49. The maximum atomic E-state index is 11.8. The van der Waals surface area contributed by atoms with Crippen LogP contribution in [0.15, 0.2) is 37.0 Å². The van der Waals surface area contributed by atoms with Gasteiger partial charge in [0.05, 0.1) is 6.04 Å². The lowest BCUT2D eigenvalue weighted by molar-refractivity contribution is -0.121. The number of rotatable bonds is 5. The molecule has 0 aromatic rings. The van der Waals surface area contributed by atoms with Crippen molar-refractivity contribution in [3.63, 3.8) is 0 Å². The lowest BCUT2D eigenvalue weighted by Crippen LogP contribution is -2.48. The smallest absolute Gasteiger partial charge is 0.151 e. The number of allylic oxidation sites excluding steroid dienone is 2. The van der Waals surface area contributed by atoms with Gasteiger partial charge in [-0.05, 0) is 25.3 Å². The molecule has 1 saturated heterocycles. The van der Waals surface area contributed by atoms with E-state index in [-0.39, 0.29) is 17.9 Å². The van der Waals surface area contributed by atoms with Gasteiger partial charge in [0.15, 0.2) is 5.78 Å². The molecule has 0 aromatic carbocycles. The standard InChI is InChI=1S/C14H22N2O.C2H6/c1-4-6-12(5-2)14(11(3)17)16-9-7-13(15)8-10-16;1-2/h4-6,13-14H,1-2,7-10,15H2,3H3;1-2H3/b12-6+;. The minimum atomic E-state index is -0.196. The summed E-state index contributed by atoms with van der Waals surface area (Å²) in [6.45, 7) is 14.8. The minimum absolute atomic E-state index is 0.147. The SMILES string of the molecule is C=C/C=C(\C=C)C(C(C)=O)N1CCC(N)CC1.CC. The van der Waals surface area contributed by atoms with Crippen LogP contribution < -0.4 is 5.73 Å². The molecule has 108 valence electrons. The van der Waals surface area contributed by atoms with E-state index in [2.05, 4.69) is 18.1 Å². The predicted molar refractivity (Wildman–Crippen MR) is 83.1 cm³/mol. The van der Waals surface area contributed by atoms with Gasteiger partial charge < -0.3 is 5.73 Å². The number of hydrogen-bond donors (Lipinski definition) is 1. The van der Waals surface area contributed by atoms with E-state index in [1.807, 2.05) is 19.9 Å². The molecule has 1 heterocycles. The number of nitrogens with zero attached hydrogens (tertiary/aromatic N) is 1. The van der Waals surface area contributed by atoms with Gasteiger partial charge in [-0.2, -0.15) is 0 Å². The maximum Gasteiger partial charge on any atom is 0.151 e. The van der Waals surface area contributed by atoms with E-state index < -0.39 is 0 Å². The summed E-state index contributed by atoms with van der Waals surface area (Å²) in [5, 5.41) is 0. The third kappa shape index (κ3) is 5.53. The van der Waals surface area contributed by atoms with E-state index in [0.29, 0.717) is 0 Å². The number of likely N-dealkylation sites (tertiary alicyclic amines) is 1. The molecular weight excluding hydrogens is 236 g/mol. The number of carbonyl (C=O) groups excluding carboxylic acids is 1. The highest BCUT2D eigenvalue weighted by molar-refractivity contribution is 5.85. The molecule has 3 heteroatoms. The Kier molecular flexibility index (Phi) is 9.09. The molecule has 1 aliphatic heterocycles. The molecule has 2 N–H and O–H groups in total. The molecule has 1 fully saturated rings. The second kappa shape index (κ2) is 9.70. The van der Waals surface area contributed by atoms with Gasteiger partial charge in [-0.1, -0.05) is 45.2 Å². The quantitative estimate of drug-likeness (QED) is 0.777. The van der Waals surface area contributed by atoms with Crippen LogP contribution in [0, 0.1) is 0 Å². The zero-order chi connectivity index (χ0) is 14.8. The van der Waals surface area contributed by atoms with Crippen molar-refractivity contribution in [3.8, 4) is 0 Å². The Balaban J connectivity index is 0.00000154. The fourth-order valence-corrected chi connectivity index (χ4v) is 2.29.